The molecule has 0 atom stereocenters. The molecule has 1 N–H and O–H groups in total. The highest BCUT2D eigenvalue weighted by Gasteiger charge is 2.12. The van der Waals surface area contributed by atoms with Gasteiger partial charge >= 0.3 is 5.69 Å². The van der Waals surface area contributed by atoms with E-state index in [2.05, 4.69) is 5.32 Å². The largest absolute Gasteiger partial charge is 0.332 e. The first kappa shape index (κ1) is 11.9. The Bertz CT molecular complexity index is 687. The van der Waals surface area contributed by atoms with Crippen molar-refractivity contribution < 1.29 is 0 Å². The van der Waals surface area contributed by atoms with Gasteiger partial charge in [0.25, 0.3) is 5.56 Å². The Balaban J connectivity index is 3.02. The van der Waals surface area contributed by atoms with E-state index < -0.39 is 0 Å². The quantitative estimate of drug-likeness (QED) is 0.850. The SMILES string of the molecule is CNCn1c(=O)c2c(Cl)cccc2n(C)c1=O. The minimum atomic E-state index is -0.372. The summed E-state index contributed by atoms with van der Waals surface area (Å²) in [4.78, 5) is 24.1. The van der Waals surface area contributed by atoms with Crippen LogP contribution in [0.15, 0.2) is 27.8 Å². The fourth-order valence-electron chi connectivity index (χ4n) is 1.81. The summed E-state index contributed by atoms with van der Waals surface area (Å²) >= 11 is 6.01. The molecule has 2 aromatic rings. The van der Waals surface area contributed by atoms with E-state index in [0.717, 1.165) is 4.57 Å². The molecule has 6 heteroatoms. The number of hydrogen-bond donors (Lipinski definition) is 1. The predicted octanol–water partition coefficient (Wildman–Crippen LogP) is 0.531. The molecule has 0 saturated heterocycles. The summed E-state index contributed by atoms with van der Waals surface area (Å²) in [5.74, 6) is 0. The molecule has 0 bridgehead atoms. The Morgan fingerprint density at radius 1 is 1.35 bits per heavy atom. The number of hydrogen-bond acceptors (Lipinski definition) is 3. The van der Waals surface area contributed by atoms with Gasteiger partial charge in [-0.2, -0.15) is 0 Å². The fourth-order valence-corrected chi connectivity index (χ4v) is 2.06. The summed E-state index contributed by atoms with van der Waals surface area (Å²) in [5.41, 5.74) is -0.193. The van der Waals surface area contributed by atoms with Crippen molar-refractivity contribution in [3.63, 3.8) is 0 Å². The van der Waals surface area contributed by atoms with Gasteiger partial charge in [0, 0.05) is 7.05 Å². The molecule has 0 radical (unpaired) electrons. The van der Waals surface area contributed by atoms with Crippen LogP contribution in [0.2, 0.25) is 5.02 Å². The second kappa shape index (κ2) is 4.35. The third-order valence-electron chi connectivity index (χ3n) is 2.65. The van der Waals surface area contributed by atoms with Crippen LogP contribution in [0.4, 0.5) is 0 Å². The van der Waals surface area contributed by atoms with Crippen molar-refractivity contribution in [2.24, 2.45) is 7.05 Å². The topological polar surface area (TPSA) is 56.0 Å². The molecule has 0 spiro atoms. The summed E-state index contributed by atoms with van der Waals surface area (Å²) in [6.07, 6.45) is 0. The summed E-state index contributed by atoms with van der Waals surface area (Å²) in [7, 11) is 3.29. The Morgan fingerprint density at radius 3 is 2.71 bits per heavy atom. The first-order chi connectivity index (χ1) is 8.07. The van der Waals surface area contributed by atoms with Crippen LogP contribution >= 0.6 is 11.6 Å². The van der Waals surface area contributed by atoms with Crippen LogP contribution in [0.5, 0.6) is 0 Å². The number of nitrogens with one attached hydrogen (secondary N) is 1. The van der Waals surface area contributed by atoms with Crippen molar-refractivity contribution in [2.45, 2.75) is 6.67 Å². The highest BCUT2D eigenvalue weighted by Crippen LogP contribution is 2.17. The average Bonchev–Trinajstić information content (AvgIpc) is 2.31. The molecule has 1 aromatic carbocycles. The zero-order valence-electron chi connectivity index (χ0n) is 9.53. The van der Waals surface area contributed by atoms with Crippen LogP contribution < -0.4 is 16.6 Å². The monoisotopic (exact) mass is 253 g/mol. The van der Waals surface area contributed by atoms with Crippen LogP contribution in [0, 0.1) is 0 Å². The maximum Gasteiger partial charge on any atom is 0.332 e. The molecule has 0 unspecified atom stereocenters. The molecule has 1 aromatic heterocycles. The number of nitrogens with zero attached hydrogens (tertiary/aromatic N) is 2. The molecular weight excluding hydrogens is 242 g/mol. The number of halogens is 1. The van der Waals surface area contributed by atoms with Gasteiger partial charge in [-0.15, -0.1) is 0 Å². The lowest BCUT2D eigenvalue weighted by atomic mass is 10.2. The van der Waals surface area contributed by atoms with Crippen molar-refractivity contribution in [2.75, 3.05) is 7.05 Å². The predicted molar refractivity (Wildman–Crippen MR) is 67.5 cm³/mol. The molecule has 0 aliphatic carbocycles. The lowest BCUT2D eigenvalue weighted by molar-refractivity contribution is 0.553. The Morgan fingerprint density at radius 2 is 2.06 bits per heavy atom. The van der Waals surface area contributed by atoms with Gasteiger partial charge < -0.3 is 5.32 Å². The molecule has 0 fully saturated rings. The van der Waals surface area contributed by atoms with E-state index in [4.69, 9.17) is 11.6 Å². The molecule has 0 aliphatic heterocycles. The van der Waals surface area contributed by atoms with Crippen molar-refractivity contribution in [3.8, 4) is 0 Å². The zero-order chi connectivity index (χ0) is 12.6. The van der Waals surface area contributed by atoms with Gasteiger partial charge in [-0.05, 0) is 19.2 Å². The third-order valence-corrected chi connectivity index (χ3v) is 2.96. The van der Waals surface area contributed by atoms with Crippen molar-refractivity contribution in [1.82, 2.24) is 14.5 Å². The van der Waals surface area contributed by atoms with Crippen LogP contribution in [0.1, 0.15) is 0 Å². The number of aromatic nitrogens is 2. The van der Waals surface area contributed by atoms with E-state index in [1.165, 1.54) is 4.57 Å². The highest BCUT2D eigenvalue weighted by atomic mass is 35.5. The minimum Gasteiger partial charge on any atom is -0.302 e. The van der Waals surface area contributed by atoms with Crippen LogP contribution in [0.25, 0.3) is 10.9 Å². The molecular formula is C11H12ClN3O2. The lowest BCUT2D eigenvalue weighted by Crippen LogP contribution is -2.41. The van der Waals surface area contributed by atoms with Gasteiger partial charge in [0.2, 0.25) is 0 Å². The molecule has 0 amide bonds. The molecule has 5 nitrogen and oxygen atoms in total. The third kappa shape index (κ3) is 1.77. The van der Waals surface area contributed by atoms with Crippen molar-refractivity contribution in [3.05, 3.63) is 44.1 Å². The molecule has 2 rings (SSSR count). The number of benzene rings is 1. The smallest absolute Gasteiger partial charge is 0.302 e. The van der Waals surface area contributed by atoms with Crippen LogP contribution in [-0.2, 0) is 13.7 Å². The number of fused-ring (bicyclic) bond motifs is 1. The summed E-state index contributed by atoms with van der Waals surface area (Å²) in [5, 5.41) is 3.51. The standard InChI is InChI=1S/C11H12ClN3O2/c1-13-6-15-10(16)9-7(12)4-3-5-8(9)14(2)11(15)17/h3-5,13H,6H2,1-2H3. The fraction of sp³-hybridized carbons (Fsp3) is 0.273. The summed E-state index contributed by atoms with van der Waals surface area (Å²) in [6.45, 7) is 0.159. The second-order valence-corrected chi connectivity index (χ2v) is 4.13. The molecule has 0 saturated carbocycles. The Kier molecular flexibility index (Phi) is 3.04. The first-order valence-electron chi connectivity index (χ1n) is 5.10. The Labute approximate surface area is 102 Å². The van der Waals surface area contributed by atoms with Crippen molar-refractivity contribution in [1.29, 1.82) is 0 Å². The number of rotatable bonds is 2. The van der Waals surface area contributed by atoms with Gasteiger partial charge in [-0.3, -0.25) is 9.36 Å². The maximum absolute atomic E-state index is 12.1. The van der Waals surface area contributed by atoms with Gasteiger partial charge in [-0.25, -0.2) is 9.36 Å². The van der Waals surface area contributed by atoms with Gasteiger partial charge in [0.1, 0.15) is 0 Å². The molecule has 0 aliphatic rings. The van der Waals surface area contributed by atoms with E-state index in [1.807, 2.05) is 0 Å². The second-order valence-electron chi connectivity index (χ2n) is 3.72. The summed E-state index contributed by atoms with van der Waals surface area (Å²) < 4.78 is 2.54. The highest BCUT2D eigenvalue weighted by molar-refractivity contribution is 6.35. The van der Waals surface area contributed by atoms with E-state index in [1.54, 1.807) is 32.3 Å². The normalized spacial score (nSPS) is 11.0. The van der Waals surface area contributed by atoms with Gasteiger partial charge in [0.05, 0.1) is 22.6 Å². The molecule has 90 valence electrons. The van der Waals surface area contributed by atoms with Gasteiger partial charge in [0.15, 0.2) is 0 Å². The average molecular weight is 254 g/mol. The van der Waals surface area contributed by atoms with Crippen LogP contribution in [0.3, 0.4) is 0 Å². The minimum absolute atomic E-state index is 0.159. The van der Waals surface area contributed by atoms with Gasteiger partial charge in [-0.1, -0.05) is 17.7 Å². The molecule has 1 heterocycles. The zero-order valence-corrected chi connectivity index (χ0v) is 10.3. The van der Waals surface area contributed by atoms with E-state index in [0.29, 0.717) is 15.9 Å². The summed E-state index contributed by atoms with van der Waals surface area (Å²) in [6, 6.07) is 5.05. The van der Waals surface area contributed by atoms with E-state index in [9.17, 15) is 9.59 Å². The van der Waals surface area contributed by atoms with E-state index in [-0.39, 0.29) is 17.9 Å². The number of aryl methyl sites for hydroxylation is 1. The first-order valence-corrected chi connectivity index (χ1v) is 5.48. The lowest BCUT2D eigenvalue weighted by Gasteiger charge is -2.10. The van der Waals surface area contributed by atoms with E-state index >= 15 is 0 Å². The van der Waals surface area contributed by atoms with Crippen molar-refractivity contribution >= 4 is 22.5 Å². The maximum atomic E-state index is 12.1. The Hall–Kier alpha value is -1.59. The molecule has 17 heavy (non-hydrogen) atoms. The van der Waals surface area contributed by atoms with Crippen LogP contribution in [-0.4, -0.2) is 16.2 Å².